The third-order valence-corrected chi connectivity index (χ3v) is 4.08. The van der Waals surface area contributed by atoms with E-state index in [0.29, 0.717) is 5.56 Å². The molecule has 0 radical (unpaired) electrons. The first-order valence-corrected chi connectivity index (χ1v) is 8.61. The number of carboxylic acid groups (broad SMARTS) is 1. The van der Waals surface area contributed by atoms with Gasteiger partial charge < -0.3 is 14.0 Å². The molecule has 0 atom stereocenters. The molecule has 6 nitrogen and oxygen atoms in total. The molecule has 0 aliphatic carbocycles. The van der Waals surface area contributed by atoms with Gasteiger partial charge in [-0.3, -0.25) is 4.79 Å². The third-order valence-electron chi connectivity index (χ3n) is 3.10. The van der Waals surface area contributed by atoms with Gasteiger partial charge in [0, 0.05) is 6.07 Å². The first-order chi connectivity index (χ1) is 12.5. The Morgan fingerprint density at radius 2 is 1.59 bits per heavy atom. The highest BCUT2D eigenvalue weighted by Crippen LogP contribution is 2.30. The fraction of sp³-hybridized carbons (Fsp3) is 0.188. The molecule has 0 aliphatic rings. The lowest BCUT2D eigenvalue weighted by Crippen LogP contribution is -2.28. The molecule has 0 aromatic heterocycles. The molecule has 0 spiro atoms. The zero-order chi connectivity index (χ0) is 20.2. The number of ether oxygens (including phenoxy) is 1. The molecule has 0 heterocycles. The molecule has 0 bridgehead atoms. The molecule has 2 aromatic rings. The average molecular weight is 408 g/mol. The Kier molecular flexibility index (Phi) is 5.94. The highest BCUT2D eigenvalue weighted by Gasteiger charge is 2.48. The largest absolute Gasteiger partial charge is 0.534 e. The number of halogens is 4. The monoisotopic (exact) mass is 408 g/mol. The molecular formula is C16H12F4O6S. The van der Waals surface area contributed by atoms with Crippen LogP contribution in [0.3, 0.4) is 0 Å². The molecule has 11 heteroatoms. The molecule has 0 amide bonds. The summed E-state index contributed by atoms with van der Waals surface area (Å²) in [6, 6.07) is 8.09. The van der Waals surface area contributed by atoms with Gasteiger partial charge in [-0.15, -0.1) is 0 Å². The van der Waals surface area contributed by atoms with E-state index in [0.717, 1.165) is 12.1 Å². The standard InChI is InChI=1S/C16H12F4O6S/c17-12-3-1-10(2-4-12)9-25-13-5-11(7-15(21)22)6-14(8-13)26-27(23,24)16(18,19)20/h1-6,8H,7,9H2,(H,21,22). The van der Waals surface area contributed by atoms with Gasteiger partial charge in [0.25, 0.3) is 0 Å². The first kappa shape index (κ1) is 20.5. The smallest absolute Gasteiger partial charge is 0.489 e. The van der Waals surface area contributed by atoms with Gasteiger partial charge in [0.2, 0.25) is 0 Å². The minimum Gasteiger partial charge on any atom is -0.489 e. The normalized spacial score (nSPS) is 11.9. The molecule has 1 N–H and O–H groups in total. The van der Waals surface area contributed by atoms with Gasteiger partial charge in [-0.05, 0) is 35.4 Å². The van der Waals surface area contributed by atoms with Crippen molar-refractivity contribution in [3.63, 3.8) is 0 Å². The van der Waals surface area contributed by atoms with E-state index < -0.39 is 39.6 Å². The van der Waals surface area contributed by atoms with Crippen LogP contribution in [0, 0.1) is 5.82 Å². The van der Waals surface area contributed by atoms with Gasteiger partial charge in [0.1, 0.15) is 23.9 Å². The Labute approximate surface area is 151 Å². The summed E-state index contributed by atoms with van der Waals surface area (Å²) in [5.74, 6) is -2.64. The van der Waals surface area contributed by atoms with Crippen molar-refractivity contribution in [3.8, 4) is 11.5 Å². The molecule has 146 valence electrons. The number of rotatable bonds is 7. The minimum absolute atomic E-state index is 0.0357. The quantitative estimate of drug-likeness (QED) is 0.430. The van der Waals surface area contributed by atoms with Crippen LogP contribution in [-0.4, -0.2) is 25.0 Å². The SMILES string of the molecule is O=C(O)Cc1cc(OCc2ccc(F)cc2)cc(OS(=O)(=O)C(F)(F)F)c1. The van der Waals surface area contributed by atoms with Crippen LogP contribution in [0.15, 0.2) is 42.5 Å². The molecule has 2 aromatic carbocycles. The van der Waals surface area contributed by atoms with Gasteiger partial charge in [0.05, 0.1) is 6.42 Å². The maximum atomic E-state index is 12.9. The van der Waals surface area contributed by atoms with Crippen LogP contribution in [0.1, 0.15) is 11.1 Å². The van der Waals surface area contributed by atoms with Crippen molar-refractivity contribution in [1.82, 2.24) is 0 Å². The van der Waals surface area contributed by atoms with Gasteiger partial charge >= 0.3 is 21.6 Å². The molecule has 0 aliphatic heterocycles. The molecule has 0 saturated carbocycles. The molecular weight excluding hydrogens is 396 g/mol. The zero-order valence-electron chi connectivity index (χ0n) is 13.4. The van der Waals surface area contributed by atoms with E-state index in [1.165, 1.54) is 30.3 Å². The Hall–Kier alpha value is -2.82. The van der Waals surface area contributed by atoms with Crippen molar-refractivity contribution in [3.05, 3.63) is 59.4 Å². The Bertz CT molecular complexity index is 923. The van der Waals surface area contributed by atoms with Crippen molar-refractivity contribution in [2.75, 3.05) is 0 Å². The maximum absolute atomic E-state index is 12.9. The Balaban J connectivity index is 2.27. The molecule has 2 rings (SSSR count). The average Bonchev–Trinajstić information content (AvgIpc) is 2.52. The molecule has 0 saturated heterocycles. The summed E-state index contributed by atoms with van der Waals surface area (Å²) >= 11 is 0. The van der Waals surface area contributed by atoms with Crippen LogP contribution < -0.4 is 8.92 Å². The van der Waals surface area contributed by atoms with Gasteiger partial charge in [-0.2, -0.15) is 21.6 Å². The first-order valence-electron chi connectivity index (χ1n) is 7.20. The number of alkyl halides is 3. The van der Waals surface area contributed by atoms with E-state index in [1.807, 2.05) is 0 Å². The summed E-state index contributed by atoms with van der Waals surface area (Å²) < 4.78 is 81.9. The highest BCUT2D eigenvalue weighted by atomic mass is 32.2. The van der Waals surface area contributed by atoms with Crippen molar-refractivity contribution in [2.24, 2.45) is 0 Å². The third kappa shape index (κ3) is 5.84. The number of hydrogen-bond donors (Lipinski definition) is 1. The van der Waals surface area contributed by atoms with Crippen LogP contribution in [0.5, 0.6) is 11.5 Å². The number of carbonyl (C=O) groups is 1. The van der Waals surface area contributed by atoms with E-state index in [9.17, 15) is 30.8 Å². The number of carboxylic acids is 1. The lowest BCUT2D eigenvalue weighted by molar-refractivity contribution is -0.136. The topological polar surface area (TPSA) is 89.9 Å². The molecule has 0 unspecified atom stereocenters. The van der Waals surface area contributed by atoms with Gasteiger partial charge in [-0.1, -0.05) is 12.1 Å². The number of benzene rings is 2. The zero-order valence-corrected chi connectivity index (χ0v) is 14.2. The maximum Gasteiger partial charge on any atom is 0.534 e. The predicted octanol–water partition coefficient (Wildman–Crippen LogP) is 3.26. The van der Waals surface area contributed by atoms with Crippen LogP contribution in [0.2, 0.25) is 0 Å². The number of aliphatic carboxylic acids is 1. The predicted molar refractivity (Wildman–Crippen MR) is 84.1 cm³/mol. The summed E-state index contributed by atoms with van der Waals surface area (Å²) in [5, 5.41) is 8.83. The van der Waals surface area contributed by atoms with Crippen molar-refractivity contribution in [1.29, 1.82) is 0 Å². The van der Waals surface area contributed by atoms with Crippen LogP contribution in [0.25, 0.3) is 0 Å². The lowest BCUT2D eigenvalue weighted by atomic mass is 10.1. The lowest BCUT2D eigenvalue weighted by Gasteiger charge is -2.13. The summed E-state index contributed by atoms with van der Waals surface area (Å²) in [5.41, 5.74) is -5.16. The Morgan fingerprint density at radius 1 is 1.00 bits per heavy atom. The minimum atomic E-state index is -5.93. The van der Waals surface area contributed by atoms with Crippen LogP contribution in [0.4, 0.5) is 17.6 Å². The Morgan fingerprint density at radius 3 is 2.15 bits per heavy atom. The second-order valence-electron chi connectivity index (χ2n) is 5.28. The number of hydrogen-bond acceptors (Lipinski definition) is 5. The second-order valence-corrected chi connectivity index (χ2v) is 6.82. The second kappa shape index (κ2) is 7.82. The van der Waals surface area contributed by atoms with Gasteiger partial charge in [-0.25, -0.2) is 4.39 Å². The summed E-state index contributed by atoms with van der Waals surface area (Å²) in [6.07, 6.45) is -0.601. The van der Waals surface area contributed by atoms with Crippen molar-refractivity contribution in [2.45, 2.75) is 18.5 Å². The molecule has 27 heavy (non-hydrogen) atoms. The summed E-state index contributed by atoms with van der Waals surface area (Å²) in [6.45, 7) is -0.123. The van der Waals surface area contributed by atoms with E-state index >= 15 is 0 Å². The highest BCUT2D eigenvalue weighted by molar-refractivity contribution is 7.88. The van der Waals surface area contributed by atoms with E-state index in [2.05, 4.69) is 4.18 Å². The van der Waals surface area contributed by atoms with Crippen molar-refractivity contribution < 1.29 is 44.8 Å². The van der Waals surface area contributed by atoms with E-state index in [-0.39, 0.29) is 17.9 Å². The van der Waals surface area contributed by atoms with Crippen LogP contribution in [-0.2, 0) is 27.9 Å². The van der Waals surface area contributed by atoms with E-state index in [1.54, 1.807) is 0 Å². The van der Waals surface area contributed by atoms with Crippen molar-refractivity contribution >= 4 is 16.1 Å². The van der Waals surface area contributed by atoms with Gasteiger partial charge in [0.15, 0.2) is 0 Å². The van der Waals surface area contributed by atoms with Crippen LogP contribution >= 0.6 is 0 Å². The summed E-state index contributed by atoms with van der Waals surface area (Å²) in [7, 11) is -5.93. The van der Waals surface area contributed by atoms with E-state index in [4.69, 9.17) is 9.84 Å². The fourth-order valence-electron chi connectivity index (χ4n) is 1.96. The fourth-order valence-corrected chi connectivity index (χ4v) is 2.40. The summed E-state index contributed by atoms with van der Waals surface area (Å²) in [4.78, 5) is 10.8. The molecule has 0 fully saturated rings.